The van der Waals surface area contributed by atoms with Crippen molar-refractivity contribution >= 4 is 0 Å². The van der Waals surface area contributed by atoms with E-state index in [2.05, 4.69) is 24.1 Å². The van der Waals surface area contributed by atoms with E-state index in [4.69, 9.17) is 0 Å². The van der Waals surface area contributed by atoms with Gasteiger partial charge in [-0.15, -0.1) is 0 Å². The number of nitrogens with one attached hydrogen (secondary N) is 1. The Labute approximate surface area is 107 Å². The third-order valence-electron chi connectivity index (χ3n) is 4.67. The molecule has 0 amide bonds. The zero-order chi connectivity index (χ0) is 12.1. The lowest BCUT2D eigenvalue weighted by Crippen LogP contribution is -2.50. The van der Waals surface area contributed by atoms with Gasteiger partial charge in [0.1, 0.15) is 0 Å². The van der Waals surface area contributed by atoms with E-state index in [1.807, 2.05) is 0 Å². The van der Waals surface area contributed by atoms with E-state index < -0.39 is 0 Å². The maximum absolute atomic E-state index is 3.82. The molecule has 1 aliphatic carbocycles. The van der Waals surface area contributed by atoms with Gasteiger partial charge in [0.15, 0.2) is 0 Å². The molecule has 0 radical (unpaired) electrons. The van der Waals surface area contributed by atoms with Crippen LogP contribution in [0.15, 0.2) is 0 Å². The van der Waals surface area contributed by atoms with Crippen LogP contribution in [-0.4, -0.2) is 36.1 Å². The van der Waals surface area contributed by atoms with Crippen LogP contribution in [0.25, 0.3) is 0 Å². The van der Waals surface area contributed by atoms with Crippen LogP contribution in [0, 0.1) is 0 Å². The Hall–Kier alpha value is -0.0800. The Morgan fingerprint density at radius 3 is 2.59 bits per heavy atom. The molecular formula is C15H30N2. The van der Waals surface area contributed by atoms with Crippen molar-refractivity contribution < 1.29 is 0 Å². The van der Waals surface area contributed by atoms with Crippen molar-refractivity contribution in [2.24, 2.45) is 0 Å². The molecule has 2 rings (SSSR count). The maximum Gasteiger partial charge on any atom is 0.0252 e. The summed E-state index contributed by atoms with van der Waals surface area (Å²) in [5, 5.41) is 3.82. The van der Waals surface area contributed by atoms with Crippen LogP contribution in [0.1, 0.15) is 65.2 Å². The zero-order valence-corrected chi connectivity index (χ0v) is 11.8. The Bertz CT molecular complexity index is 217. The van der Waals surface area contributed by atoms with E-state index in [1.165, 1.54) is 64.5 Å². The number of hydrogen-bond acceptors (Lipinski definition) is 2. The summed E-state index contributed by atoms with van der Waals surface area (Å²) < 4.78 is 0. The summed E-state index contributed by atoms with van der Waals surface area (Å²) in [5.74, 6) is 0. The summed E-state index contributed by atoms with van der Waals surface area (Å²) in [7, 11) is 0. The largest absolute Gasteiger partial charge is 0.312 e. The minimum absolute atomic E-state index is 0.762. The number of nitrogens with zero attached hydrogens (tertiary/aromatic N) is 1. The summed E-state index contributed by atoms with van der Waals surface area (Å²) in [6, 6.07) is 2.41. The van der Waals surface area contributed by atoms with Gasteiger partial charge in [-0.05, 0) is 52.1 Å². The molecule has 1 aliphatic heterocycles. The molecule has 2 fully saturated rings. The second kappa shape index (κ2) is 6.75. The minimum Gasteiger partial charge on any atom is -0.312 e. The lowest BCUT2D eigenvalue weighted by molar-refractivity contribution is 0.142. The lowest BCUT2D eigenvalue weighted by atomic mass is 10.0. The van der Waals surface area contributed by atoms with Gasteiger partial charge in [-0.2, -0.15) is 0 Å². The number of rotatable bonds is 4. The first-order valence-electron chi connectivity index (χ1n) is 7.82. The molecule has 3 unspecified atom stereocenters. The maximum atomic E-state index is 3.82. The molecule has 2 heteroatoms. The topological polar surface area (TPSA) is 15.3 Å². The summed E-state index contributed by atoms with van der Waals surface area (Å²) >= 11 is 0. The van der Waals surface area contributed by atoms with Gasteiger partial charge in [0.2, 0.25) is 0 Å². The highest BCUT2D eigenvalue weighted by atomic mass is 15.2. The first-order chi connectivity index (χ1) is 8.33. The SMILES string of the molecule is CCCNC1CCCCCC1N1CCCC1C. The molecule has 1 N–H and O–H groups in total. The summed E-state index contributed by atoms with van der Waals surface area (Å²) in [5.41, 5.74) is 0. The standard InChI is InChI=1S/C15H30N2/c1-3-11-16-14-9-5-4-6-10-15(14)17-12-7-8-13(17)2/h13-16H,3-12H2,1-2H3. The van der Waals surface area contributed by atoms with Gasteiger partial charge < -0.3 is 5.32 Å². The molecule has 100 valence electrons. The molecule has 1 saturated carbocycles. The summed E-state index contributed by atoms with van der Waals surface area (Å²) in [6.07, 6.45) is 11.2. The van der Waals surface area contributed by atoms with Crippen molar-refractivity contribution in [1.82, 2.24) is 10.2 Å². The van der Waals surface area contributed by atoms with Gasteiger partial charge in [0.05, 0.1) is 0 Å². The molecule has 0 spiro atoms. The van der Waals surface area contributed by atoms with E-state index in [0.717, 1.165) is 18.1 Å². The van der Waals surface area contributed by atoms with Gasteiger partial charge >= 0.3 is 0 Å². The van der Waals surface area contributed by atoms with E-state index in [-0.39, 0.29) is 0 Å². The number of hydrogen-bond donors (Lipinski definition) is 1. The van der Waals surface area contributed by atoms with Crippen molar-refractivity contribution in [3.63, 3.8) is 0 Å². The van der Waals surface area contributed by atoms with Crippen LogP contribution in [0.4, 0.5) is 0 Å². The van der Waals surface area contributed by atoms with Crippen LogP contribution in [-0.2, 0) is 0 Å². The Morgan fingerprint density at radius 1 is 1.06 bits per heavy atom. The van der Waals surface area contributed by atoms with Crippen LogP contribution >= 0.6 is 0 Å². The van der Waals surface area contributed by atoms with Gasteiger partial charge in [-0.25, -0.2) is 0 Å². The normalized spacial score (nSPS) is 36.0. The fraction of sp³-hybridized carbons (Fsp3) is 1.00. The molecule has 2 nitrogen and oxygen atoms in total. The molecule has 1 heterocycles. The van der Waals surface area contributed by atoms with Crippen molar-refractivity contribution in [3.05, 3.63) is 0 Å². The highest BCUT2D eigenvalue weighted by molar-refractivity contribution is 4.91. The van der Waals surface area contributed by atoms with Crippen molar-refractivity contribution in [1.29, 1.82) is 0 Å². The molecule has 3 atom stereocenters. The molecule has 2 aliphatic rings. The zero-order valence-electron chi connectivity index (χ0n) is 11.8. The Morgan fingerprint density at radius 2 is 1.88 bits per heavy atom. The van der Waals surface area contributed by atoms with Crippen LogP contribution in [0.3, 0.4) is 0 Å². The fourth-order valence-electron chi connectivity index (χ4n) is 3.70. The smallest absolute Gasteiger partial charge is 0.0252 e. The second-order valence-corrected chi connectivity index (χ2v) is 6.00. The van der Waals surface area contributed by atoms with Crippen molar-refractivity contribution in [2.45, 2.75) is 83.3 Å². The van der Waals surface area contributed by atoms with E-state index in [0.29, 0.717) is 0 Å². The van der Waals surface area contributed by atoms with Gasteiger partial charge in [0.25, 0.3) is 0 Å². The van der Waals surface area contributed by atoms with E-state index >= 15 is 0 Å². The van der Waals surface area contributed by atoms with Gasteiger partial charge in [0, 0.05) is 18.1 Å². The highest BCUT2D eigenvalue weighted by Crippen LogP contribution is 2.28. The molecule has 1 saturated heterocycles. The second-order valence-electron chi connectivity index (χ2n) is 6.00. The van der Waals surface area contributed by atoms with Gasteiger partial charge in [-0.3, -0.25) is 4.90 Å². The highest BCUT2D eigenvalue weighted by Gasteiger charge is 2.33. The lowest BCUT2D eigenvalue weighted by Gasteiger charge is -2.36. The monoisotopic (exact) mass is 238 g/mol. The van der Waals surface area contributed by atoms with Crippen LogP contribution in [0.5, 0.6) is 0 Å². The predicted molar refractivity (Wildman–Crippen MR) is 74.4 cm³/mol. The van der Waals surface area contributed by atoms with Gasteiger partial charge in [-0.1, -0.05) is 26.2 Å². The van der Waals surface area contributed by atoms with Crippen molar-refractivity contribution in [3.8, 4) is 0 Å². The first-order valence-corrected chi connectivity index (χ1v) is 7.82. The molecule has 0 aromatic rings. The predicted octanol–water partition coefficient (Wildman–Crippen LogP) is 3.17. The average Bonchev–Trinajstić information content (AvgIpc) is 2.63. The van der Waals surface area contributed by atoms with Crippen molar-refractivity contribution in [2.75, 3.05) is 13.1 Å². The Balaban J connectivity index is 1.97. The minimum atomic E-state index is 0.762. The average molecular weight is 238 g/mol. The van der Waals surface area contributed by atoms with Crippen LogP contribution < -0.4 is 5.32 Å². The van der Waals surface area contributed by atoms with E-state index in [9.17, 15) is 0 Å². The molecule has 0 aromatic heterocycles. The quantitative estimate of drug-likeness (QED) is 0.757. The third kappa shape index (κ3) is 3.45. The summed E-state index contributed by atoms with van der Waals surface area (Å²) in [6.45, 7) is 7.24. The molecule has 0 bridgehead atoms. The van der Waals surface area contributed by atoms with Crippen LogP contribution in [0.2, 0.25) is 0 Å². The molecular weight excluding hydrogens is 208 g/mol. The summed E-state index contributed by atoms with van der Waals surface area (Å²) in [4.78, 5) is 2.80. The first kappa shape index (κ1) is 13.4. The molecule has 0 aromatic carbocycles. The third-order valence-corrected chi connectivity index (χ3v) is 4.67. The number of likely N-dealkylation sites (tertiary alicyclic amines) is 1. The van der Waals surface area contributed by atoms with E-state index in [1.54, 1.807) is 0 Å². The fourth-order valence-corrected chi connectivity index (χ4v) is 3.70. The Kier molecular flexibility index (Phi) is 5.30. The molecule has 17 heavy (non-hydrogen) atoms.